The second-order valence-corrected chi connectivity index (χ2v) is 6.65. The standard InChI is InChI=1S/C13H23N3/c1-12(2,3)9-7-8(16(6)15-9)10-11(14)13(10,4)5/h7,10-11H,14H2,1-6H3/t10-,11-/m1/s1. The van der Waals surface area contributed by atoms with Crippen molar-refractivity contribution in [3.63, 3.8) is 0 Å². The Hall–Kier alpha value is -0.830. The van der Waals surface area contributed by atoms with Crippen LogP contribution in [0.3, 0.4) is 0 Å². The summed E-state index contributed by atoms with van der Waals surface area (Å²) in [5, 5.41) is 4.60. The van der Waals surface area contributed by atoms with Crippen molar-refractivity contribution in [1.82, 2.24) is 9.78 Å². The van der Waals surface area contributed by atoms with Crippen molar-refractivity contribution in [2.75, 3.05) is 0 Å². The third-order valence-electron chi connectivity index (χ3n) is 3.91. The lowest BCUT2D eigenvalue weighted by atomic mass is 9.92. The van der Waals surface area contributed by atoms with Gasteiger partial charge in [-0.3, -0.25) is 4.68 Å². The van der Waals surface area contributed by atoms with Crippen LogP contribution in [0.2, 0.25) is 0 Å². The molecule has 2 atom stereocenters. The molecule has 0 spiro atoms. The molecule has 3 nitrogen and oxygen atoms in total. The van der Waals surface area contributed by atoms with E-state index in [0.29, 0.717) is 5.92 Å². The molecule has 1 heterocycles. The topological polar surface area (TPSA) is 43.8 Å². The van der Waals surface area contributed by atoms with E-state index in [-0.39, 0.29) is 16.9 Å². The Kier molecular flexibility index (Phi) is 2.26. The zero-order valence-electron chi connectivity index (χ0n) is 11.2. The average molecular weight is 221 g/mol. The molecule has 90 valence electrons. The summed E-state index contributed by atoms with van der Waals surface area (Å²) in [4.78, 5) is 0. The second kappa shape index (κ2) is 3.10. The van der Waals surface area contributed by atoms with E-state index < -0.39 is 0 Å². The average Bonchev–Trinajstić information content (AvgIpc) is 2.47. The van der Waals surface area contributed by atoms with Gasteiger partial charge in [0.25, 0.3) is 0 Å². The summed E-state index contributed by atoms with van der Waals surface area (Å²) >= 11 is 0. The lowest BCUT2D eigenvalue weighted by Gasteiger charge is -2.13. The molecular weight excluding hydrogens is 198 g/mol. The SMILES string of the molecule is Cn1nc(C(C)(C)C)cc1[C@@H]1[C@@H](N)C1(C)C. The molecule has 1 aromatic heterocycles. The van der Waals surface area contributed by atoms with Crippen LogP contribution in [0, 0.1) is 5.41 Å². The second-order valence-electron chi connectivity index (χ2n) is 6.65. The Morgan fingerprint density at radius 2 is 1.88 bits per heavy atom. The molecule has 1 aliphatic rings. The molecule has 1 aliphatic carbocycles. The number of rotatable bonds is 1. The van der Waals surface area contributed by atoms with Gasteiger partial charge in [-0.05, 0) is 11.5 Å². The maximum atomic E-state index is 6.12. The first-order valence-corrected chi connectivity index (χ1v) is 5.95. The van der Waals surface area contributed by atoms with Crippen LogP contribution in [-0.4, -0.2) is 15.8 Å². The maximum Gasteiger partial charge on any atom is 0.0680 e. The summed E-state index contributed by atoms with van der Waals surface area (Å²) in [7, 11) is 2.02. The predicted octanol–water partition coefficient (Wildman–Crippen LogP) is 2.17. The van der Waals surface area contributed by atoms with Gasteiger partial charge in [0.05, 0.1) is 5.69 Å². The van der Waals surface area contributed by atoms with Crippen molar-refractivity contribution >= 4 is 0 Å². The first-order chi connectivity index (χ1) is 7.15. The minimum Gasteiger partial charge on any atom is -0.327 e. The molecule has 3 heteroatoms. The normalized spacial score (nSPS) is 28.2. The van der Waals surface area contributed by atoms with Gasteiger partial charge >= 0.3 is 0 Å². The smallest absolute Gasteiger partial charge is 0.0680 e. The van der Waals surface area contributed by atoms with Gasteiger partial charge in [-0.15, -0.1) is 0 Å². The number of hydrogen-bond acceptors (Lipinski definition) is 2. The minimum absolute atomic E-state index is 0.110. The molecule has 0 aromatic carbocycles. The van der Waals surface area contributed by atoms with Gasteiger partial charge < -0.3 is 5.73 Å². The molecule has 0 saturated heterocycles. The van der Waals surface area contributed by atoms with E-state index >= 15 is 0 Å². The molecule has 0 radical (unpaired) electrons. The van der Waals surface area contributed by atoms with Crippen LogP contribution in [-0.2, 0) is 12.5 Å². The summed E-state index contributed by atoms with van der Waals surface area (Å²) in [6.45, 7) is 11.0. The summed E-state index contributed by atoms with van der Waals surface area (Å²) < 4.78 is 2.00. The quantitative estimate of drug-likeness (QED) is 0.790. The van der Waals surface area contributed by atoms with Crippen LogP contribution >= 0.6 is 0 Å². The molecule has 1 fully saturated rings. The van der Waals surface area contributed by atoms with E-state index in [1.54, 1.807) is 0 Å². The third-order valence-corrected chi connectivity index (χ3v) is 3.91. The predicted molar refractivity (Wildman–Crippen MR) is 66.4 cm³/mol. The van der Waals surface area contributed by atoms with Crippen LogP contribution in [0.15, 0.2) is 6.07 Å². The van der Waals surface area contributed by atoms with Gasteiger partial charge in [-0.1, -0.05) is 34.6 Å². The first-order valence-electron chi connectivity index (χ1n) is 5.95. The van der Waals surface area contributed by atoms with Crippen LogP contribution in [0.4, 0.5) is 0 Å². The molecule has 1 aromatic rings. The largest absolute Gasteiger partial charge is 0.327 e. The lowest BCUT2D eigenvalue weighted by molar-refractivity contribution is 0.547. The lowest BCUT2D eigenvalue weighted by Crippen LogP contribution is -2.12. The molecular formula is C13H23N3. The van der Waals surface area contributed by atoms with Crippen LogP contribution in [0.5, 0.6) is 0 Å². The molecule has 2 rings (SSSR count). The molecule has 2 N–H and O–H groups in total. The van der Waals surface area contributed by atoms with Gasteiger partial charge in [0, 0.05) is 30.1 Å². The number of aromatic nitrogens is 2. The van der Waals surface area contributed by atoms with Crippen LogP contribution < -0.4 is 5.73 Å². The van der Waals surface area contributed by atoms with Gasteiger partial charge in [-0.25, -0.2) is 0 Å². The highest BCUT2D eigenvalue weighted by Gasteiger charge is 2.57. The Morgan fingerprint density at radius 3 is 2.19 bits per heavy atom. The summed E-state index contributed by atoms with van der Waals surface area (Å²) in [5.41, 5.74) is 8.89. The Labute approximate surface area is 98.0 Å². The van der Waals surface area contributed by atoms with Crippen molar-refractivity contribution in [3.05, 3.63) is 17.5 Å². The fourth-order valence-electron chi connectivity index (χ4n) is 2.38. The van der Waals surface area contributed by atoms with Gasteiger partial charge in [0.1, 0.15) is 0 Å². The minimum atomic E-state index is 0.110. The van der Waals surface area contributed by atoms with E-state index in [1.165, 1.54) is 5.69 Å². The van der Waals surface area contributed by atoms with Crippen molar-refractivity contribution in [2.24, 2.45) is 18.2 Å². The highest BCUT2D eigenvalue weighted by atomic mass is 15.3. The Bertz CT molecular complexity index is 409. The van der Waals surface area contributed by atoms with E-state index in [9.17, 15) is 0 Å². The molecule has 0 bridgehead atoms. The zero-order valence-corrected chi connectivity index (χ0v) is 11.2. The van der Waals surface area contributed by atoms with E-state index in [0.717, 1.165) is 5.69 Å². The van der Waals surface area contributed by atoms with Crippen LogP contribution in [0.25, 0.3) is 0 Å². The molecule has 0 unspecified atom stereocenters. The Morgan fingerprint density at radius 1 is 1.38 bits per heavy atom. The van der Waals surface area contributed by atoms with Crippen molar-refractivity contribution < 1.29 is 0 Å². The number of nitrogens with two attached hydrogens (primary N) is 1. The van der Waals surface area contributed by atoms with Crippen molar-refractivity contribution in [3.8, 4) is 0 Å². The fraction of sp³-hybridized carbons (Fsp3) is 0.769. The number of hydrogen-bond donors (Lipinski definition) is 1. The fourth-order valence-corrected chi connectivity index (χ4v) is 2.38. The molecule has 0 amide bonds. The summed E-state index contributed by atoms with van der Waals surface area (Å²) in [6, 6.07) is 2.50. The highest BCUT2D eigenvalue weighted by molar-refractivity contribution is 5.32. The van der Waals surface area contributed by atoms with Gasteiger partial charge in [-0.2, -0.15) is 5.10 Å². The van der Waals surface area contributed by atoms with Crippen LogP contribution in [0.1, 0.15) is 51.9 Å². The molecule has 16 heavy (non-hydrogen) atoms. The maximum absolute atomic E-state index is 6.12. The molecule has 0 aliphatic heterocycles. The first kappa shape index (κ1) is 11.6. The summed E-state index contributed by atoms with van der Waals surface area (Å²) in [5.74, 6) is 0.459. The van der Waals surface area contributed by atoms with Gasteiger partial charge in [0.2, 0.25) is 0 Å². The van der Waals surface area contributed by atoms with Crippen molar-refractivity contribution in [1.29, 1.82) is 0 Å². The number of aryl methyl sites for hydroxylation is 1. The highest BCUT2D eigenvalue weighted by Crippen LogP contribution is 2.57. The monoisotopic (exact) mass is 221 g/mol. The zero-order chi connectivity index (χ0) is 12.3. The molecule has 1 saturated carbocycles. The van der Waals surface area contributed by atoms with E-state index in [1.807, 2.05) is 11.7 Å². The van der Waals surface area contributed by atoms with E-state index in [4.69, 9.17) is 5.73 Å². The van der Waals surface area contributed by atoms with Gasteiger partial charge in [0.15, 0.2) is 0 Å². The third kappa shape index (κ3) is 1.58. The number of nitrogens with zero attached hydrogens (tertiary/aromatic N) is 2. The summed E-state index contributed by atoms with van der Waals surface area (Å²) in [6.07, 6.45) is 0. The van der Waals surface area contributed by atoms with Crippen molar-refractivity contribution in [2.45, 2.75) is 52.0 Å². The Balaban J connectivity index is 2.35. The van der Waals surface area contributed by atoms with E-state index in [2.05, 4.69) is 45.8 Å².